The summed E-state index contributed by atoms with van der Waals surface area (Å²) in [7, 11) is 0. The minimum absolute atomic E-state index is 0. The Balaban J connectivity index is -0.0000000450. The smallest absolute Gasteiger partial charge is 0.299 e. The first kappa shape index (κ1) is 16.0. The normalized spacial score (nSPS) is 5.83. The van der Waals surface area contributed by atoms with Gasteiger partial charge in [0.1, 0.15) is 0 Å². The van der Waals surface area contributed by atoms with Gasteiger partial charge < -0.3 is 5.48 Å². The van der Waals surface area contributed by atoms with Crippen LogP contribution < -0.4 is 0 Å². The number of hydrogen-bond acceptors (Lipinski definition) is 1. The fourth-order valence-electron chi connectivity index (χ4n) is 0. The fraction of sp³-hybridized carbons (Fsp3) is 0. The van der Waals surface area contributed by atoms with Gasteiger partial charge in [-0.1, -0.05) is 0 Å². The quantitative estimate of drug-likeness (QED) is 0.349. The van der Waals surface area contributed by atoms with E-state index in [0.29, 0.717) is 0 Å². The summed E-state index contributed by atoms with van der Waals surface area (Å²) in [6.45, 7) is 0. The molecular weight excluding hydrogens is 160 g/mol. The molecule has 4 N–H and O–H groups in total. The van der Waals surface area contributed by atoms with Gasteiger partial charge >= 0.3 is 0 Å². The van der Waals surface area contributed by atoms with Crippen LogP contribution in [0.4, 0.5) is 0 Å². The molecule has 0 aliphatic carbocycles. The van der Waals surface area contributed by atoms with Crippen molar-refractivity contribution in [2.45, 2.75) is 0 Å². The van der Waals surface area contributed by atoms with Crippen molar-refractivity contribution in [3.05, 3.63) is 0 Å². The zero-order valence-corrected chi connectivity index (χ0v) is 4.27. The van der Waals surface area contributed by atoms with Gasteiger partial charge in [-0.25, -0.2) is 0 Å². The molecule has 6 heteroatoms. The molecule has 6 heavy (non-hydrogen) atoms. The maximum atomic E-state index is 8.67. The van der Waals surface area contributed by atoms with Gasteiger partial charge in [0.05, 0.1) is 0 Å². The largest absolute Gasteiger partial charge is 0.412 e. The van der Waals surface area contributed by atoms with Crippen LogP contribution in [0.25, 0.3) is 0 Å². The van der Waals surface area contributed by atoms with E-state index in [-0.39, 0.29) is 22.5 Å². The maximum absolute atomic E-state index is 8.67. The summed E-state index contributed by atoms with van der Waals surface area (Å²) in [5.74, 6) is 0. The Morgan fingerprint density at radius 3 is 1.33 bits per heavy atom. The van der Waals surface area contributed by atoms with E-state index in [0.717, 1.165) is 0 Å². The standard InChI is InChI=1S/Cu.H2O3S.H2O/c;1-4(2)3;/h;(H2,1,2,3);1H2. The molecule has 0 aromatic rings. The van der Waals surface area contributed by atoms with E-state index in [1.807, 2.05) is 0 Å². The van der Waals surface area contributed by atoms with Crippen LogP contribution in [-0.4, -0.2) is 18.8 Å². The van der Waals surface area contributed by atoms with Gasteiger partial charge in [-0.15, -0.1) is 0 Å². The van der Waals surface area contributed by atoms with Crippen molar-refractivity contribution in [1.82, 2.24) is 0 Å². The Hall–Kier alpha value is 0.549. The van der Waals surface area contributed by atoms with Crippen LogP contribution in [0.2, 0.25) is 0 Å². The summed E-state index contributed by atoms with van der Waals surface area (Å²) in [5.41, 5.74) is 0. The molecule has 0 aromatic heterocycles. The Morgan fingerprint density at radius 1 is 1.33 bits per heavy atom. The predicted molar refractivity (Wildman–Crippen MR) is 17.0 cm³/mol. The summed E-state index contributed by atoms with van der Waals surface area (Å²) < 4.78 is 22.8. The van der Waals surface area contributed by atoms with Gasteiger partial charge in [-0.2, -0.15) is 4.21 Å². The second kappa shape index (κ2) is 9.12. The second-order valence-corrected chi connectivity index (χ2v) is 0.692. The summed E-state index contributed by atoms with van der Waals surface area (Å²) in [5, 5.41) is 0. The van der Waals surface area contributed by atoms with Gasteiger partial charge in [0, 0.05) is 17.1 Å². The van der Waals surface area contributed by atoms with Gasteiger partial charge in [-0.05, 0) is 0 Å². The molecule has 0 amide bonds. The Kier molecular flexibility index (Phi) is 24.3. The summed E-state index contributed by atoms with van der Waals surface area (Å²) in [6, 6.07) is 0. The molecular formula is H4CuO4S. The zero-order valence-electron chi connectivity index (χ0n) is 2.51. The van der Waals surface area contributed by atoms with E-state index in [1.54, 1.807) is 0 Å². The summed E-state index contributed by atoms with van der Waals surface area (Å²) >= 11 is -2.61. The second-order valence-electron chi connectivity index (χ2n) is 0.231. The molecule has 0 aliphatic heterocycles. The molecule has 0 spiro atoms. The minimum atomic E-state index is -2.61. The van der Waals surface area contributed by atoms with E-state index in [2.05, 4.69) is 0 Å². The number of hydrogen-bond donors (Lipinski definition) is 2. The van der Waals surface area contributed by atoms with E-state index in [4.69, 9.17) is 13.3 Å². The minimum Gasteiger partial charge on any atom is -0.412 e. The first-order valence-electron chi connectivity index (χ1n) is 0.532. The summed E-state index contributed by atoms with van der Waals surface area (Å²) in [6.07, 6.45) is 0. The van der Waals surface area contributed by atoms with Gasteiger partial charge in [0.25, 0.3) is 11.4 Å². The third-order valence-corrected chi connectivity index (χ3v) is 0. The van der Waals surface area contributed by atoms with Crippen LogP contribution in [-0.2, 0) is 28.4 Å². The first-order valence-corrected chi connectivity index (χ1v) is 1.60. The average Bonchev–Trinajstić information content (AvgIpc) is 0.811. The molecule has 45 valence electrons. The van der Waals surface area contributed by atoms with Crippen LogP contribution in [0.5, 0.6) is 0 Å². The molecule has 0 saturated carbocycles. The Labute approximate surface area is 47.8 Å². The zero-order chi connectivity index (χ0) is 3.58. The molecule has 4 nitrogen and oxygen atoms in total. The Bertz CT molecular complexity index is 30.5. The molecule has 0 unspecified atom stereocenters. The van der Waals surface area contributed by atoms with Crippen LogP contribution in [0, 0.1) is 0 Å². The third kappa shape index (κ3) is 190. The fourth-order valence-corrected chi connectivity index (χ4v) is 0. The van der Waals surface area contributed by atoms with Crippen molar-refractivity contribution in [2.75, 3.05) is 0 Å². The molecule has 0 saturated heterocycles. The molecule has 0 fully saturated rings. The molecule has 0 aliphatic rings. The van der Waals surface area contributed by atoms with E-state index < -0.39 is 11.4 Å². The van der Waals surface area contributed by atoms with Crippen molar-refractivity contribution in [1.29, 1.82) is 0 Å². The van der Waals surface area contributed by atoms with Crippen molar-refractivity contribution in [3.63, 3.8) is 0 Å². The van der Waals surface area contributed by atoms with Gasteiger partial charge in [-0.3, -0.25) is 9.11 Å². The average molecular weight is 164 g/mol. The topological polar surface area (TPSA) is 89.0 Å². The molecule has 1 radical (unpaired) electrons. The van der Waals surface area contributed by atoms with Crippen molar-refractivity contribution in [3.8, 4) is 0 Å². The van der Waals surface area contributed by atoms with Gasteiger partial charge in [0.15, 0.2) is 0 Å². The van der Waals surface area contributed by atoms with Crippen molar-refractivity contribution < 1.29 is 35.9 Å². The van der Waals surface area contributed by atoms with Crippen molar-refractivity contribution >= 4 is 11.4 Å². The third-order valence-electron chi connectivity index (χ3n) is 0. The SMILES string of the molecule is O.O=S(O)O.[Cu]. The van der Waals surface area contributed by atoms with E-state index >= 15 is 0 Å². The molecule has 0 aromatic carbocycles. The Morgan fingerprint density at radius 2 is 1.33 bits per heavy atom. The molecule has 0 bridgehead atoms. The maximum Gasteiger partial charge on any atom is 0.299 e. The van der Waals surface area contributed by atoms with Crippen LogP contribution >= 0.6 is 0 Å². The predicted octanol–water partition coefficient (Wildman–Crippen LogP) is -1.15. The van der Waals surface area contributed by atoms with Crippen LogP contribution in [0.1, 0.15) is 0 Å². The summed E-state index contributed by atoms with van der Waals surface area (Å²) in [4.78, 5) is 0. The molecule has 0 heterocycles. The van der Waals surface area contributed by atoms with Gasteiger partial charge in [0.2, 0.25) is 0 Å². The van der Waals surface area contributed by atoms with Crippen LogP contribution in [0.3, 0.4) is 0 Å². The van der Waals surface area contributed by atoms with E-state index in [9.17, 15) is 0 Å². The van der Waals surface area contributed by atoms with E-state index in [1.165, 1.54) is 0 Å². The monoisotopic (exact) mass is 163 g/mol. The van der Waals surface area contributed by atoms with Crippen LogP contribution in [0.15, 0.2) is 0 Å². The first-order chi connectivity index (χ1) is 1.73. The van der Waals surface area contributed by atoms with Crippen molar-refractivity contribution in [2.24, 2.45) is 0 Å². The molecule has 0 rings (SSSR count). The molecule has 0 atom stereocenters. The number of rotatable bonds is 0.